The molecule has 5 heteroatoms. The van der Waals surface area contributed by atoms with Crippen LogP contribution in [0.1, 0.15) is 39.4 Å². The van der Waals surface area contributed by atoms with Gasteiger partial charge in [-0.3, -0.25) is 4.79 Å². The smallest absolute Gasteiger partial charge is 0.336 e. The van der Waals surface area contributed by atoms with Crippen molar-refractivity contribution in [3.63, 3.8) is 0 Å². The van der Waals surface area contributed by atoms with Crippen molar-refractivity contribution in [2.75, 3.05) is 0 Å². The number of carbonyl (C=O) groups excluding carboxylic acids is 1. The molecule has 1 aromatic heterocycles. The average molecular weight is 342 g/mol. The summed E-state index contributed by atoms with van der Waals surface area (Å²) in [5.41, 5.74) is 1.97. The molecule has 0 atom stereocenters. The van der Waals surface area contributed by atoms with Crippen molar-refractivity contribution >= 4 is 16.9 Å². The molecule has 0 spiro atoms. The van der Waals surface area contributed by atoms with Crippen LogP contribution in [0.3, 0.4) is 0 Å². The van der Waals surface area contributed by atoms with Gasteiger partial charge in [-0.05, 0) is 40.5 Å². The zero-order valence-corrected chi connectivity index (χ0v) is 14.9. The summed E-state index contributed by atoms with van der Waals surface area (Å²) < 4.78 is 10.7. The second-order valence-electron chi connectivity index (χ2n) is 6.27. The molecule has 0 bridgehead atoms. The molecule has 0 fully saturated rings. The molecule has 0 aliphatic rings. The minimum atomic E-state index is -0.538. The predicted octanol–water partition coefficient (Wildman–Crippen LogP) is 4.41. The Morgan fingerprint density at radius 2 is 1.96 bits per heavy atom. The molecule has 0 saturated heterocycles. The van der Waals surface area contributed by atoms with E-state index in [0.717, 1.165) is 18.4 Å². The van der Waals surface area contributed by atoms with Crippen LogP contribution < -0.4 is 10.2 Å². The Labute approximate surface area is 146 Å². The Morgan fingerprint density at radius 3 is 2.64 bits per heavy atom. The fourth-order valence-electron chi connectivity index (χ4n) is 2.43. The summed E-state index contributed by atoms with van der Waals surface area (Å²) in [5.74, 6) is -0.283. The number of esters is 1. The molecule has 132 valence electrons. The normalized spacial score (nSPS) is 11.4. The van der Waals surface area contributed by atoms with Gasteiger partial charge in [0, 0.05) is 24.3 Å². The Hall–Kier alpha value is -2.82. The second-order valence-corrected chi connectivity index (χ2v) is 6.27. The van der Waals surface area contributed by atoms with Gasteiger partial charge in [0.05, 0.1) is 0 Å². The van der Waals surface area contributed by atoms with E-state index in [2.05, 4.69) is 6.08 Å². The van der Waals surface area contributed by atoms with E-state index in [0.29, 0.717) is 5.76 Å². The molecule has 2 aromatic rings. The van der Waals surface area contributed by atoms with Gasteiger partial charge in [0.1, 0.15) is 28.2 Å². The van der Waals surface area contributed by atoms with Crippen molar-refractivity contribution in [3.8, 4) is 11.5 Å². The van der Waals surface area contributed by atoms with E-state index in [1.165, 1.54) is 29.8 Å². The third-order valence-corrected chi connectivity index (χ3v) is 3.58. The van der Waals surface area contributed by atoms with Crippen molar-refractivity contribution in [2.45, 2.75) is 40.5 Å². The van der Waals surface area contributed by atoms with Crippen molar-refractivity contribution < 1.29 is 19.1 Å². The van der Waals surface area contributed by atoms with Crippen LogP contribution >= 0.6 is 0 Å². The molecule has 25 heavy (non-hydrogen) atoms. The Bertz CT molecular complexity index is 912. The number of aromatic hydroxyl groups is 1. The van der Waals surface area contributed by atoms with Gasteiger partial charge >= 0.3 is 5.97 Å². The Kier molecular flexibility index (Phi) is 5.80. The van der Waals surface area contributed by atoms with Crippen LogP contribution in [0.25, 0.3) is 11.0 Å². The van der Waals surface area contributed by atoms with Crippen LogP contribution in [0, 0.1) is 6.92 Å². The van der Waals surface area contributed by atoms with Crippen LogP contribution in [0.15, 0.2) is 50.7 Å². The fraction of sp³-hybridized carbons (Fsp3) is 0.300. The molecule has 1 heterocycles. The van der Waals surface area contributed by atoms with E-state index < -0.39 is 5.97 Å². The molecule has 2 rings (SSSR count). The number of phenolic OH excluding ortho intramolecular Hbond substituents is 1. The number of benzene rings is 1. The summed E-state index contributed by atoms with van der Waals surface area (Å²) in [6.45, 7) is 7.55. The topological polar surface area (TPSA) is 76.7 Å². The van der Waals surface area contributed by atoms with Gasteiger partial charge in [0.25, 0.3) is 0 Å². The summed E-state index contributed by atoms with van der Waals surface area (Å²) in [7, 11) is 0. The van der Waals surface area contributed by atoms with Gasteiger partial charge in [-0.25, -0.2) is 4.79 Å². The number of aryl methyl sites for hydroxylation is 1. The predicted molar refractivity (Wildman–Crippen MR) is 96.9 cm³/mol. The van der Waals surface area contributed by atoms with E-state index in [1.54, 1.807) is 6.92 Å². The number of phenols is 1. The first-order chi connectivity index (χ1) is 11.8. The van der Waals surface area contributed by atoms with Gasteiger partial charge in [0.2, 0.25) is 0 Å². The molecule has 0 saturated carbocycles. The largest absolute Gasteiger partial charge is 0.507 e. The van der Waals surface area contributed by atoms with Crippen LogP contribution in [0.4, 0.5) is 0 Å². The van der Waals surface area contributed by atoms with Crippen molar-refractivity contribution in [3.05, 3.63) is 57.5 Å². The Balaban J connectivity index is 2.18. The van der Waals surface area contributed by atoms with E-state index in [1.807, 2.05) is 20.8 Å². The van der Waals surface area contributed by atoms with E-state index in [9.17, 15) is 14.7 Å². The highest BCUT2D eigenvalue weighted by atomic mass is 16.5. The third kappa shape index (κ3) is 5.08. The van der Waals surface area contributed by atoms with E-state index in [4.69, 9.17) is 9.15 Å². The van der Waals surface area contributed by atoms with E-state index >= 15 is 0 Å². The highest BCUT2D eigenvalue weighted by Crippen LogP contribution is 2.28. The maximum absolute atomic E-state index is 12.0. The highest BCUT2D eigenvalue weighted by molar-refractivity contribution is 5.88. The molecule has 1 aromatic carbocycles. The standard InChI is InChI=1S/C20H22O5/c1-12(2)6-5-7-13(3)8-19(23)25-15-10-17(22)20-16(21)9-14(4)24-18(20)11-15/h6,8-11,22H,5,7H2,1-4H3/b13-8+. The van der Waals surface area contributed by atoms with Crippen molar-refractivity contribution in [2.24, 2.45) is 0 Å². The molecule has 0 amide bonds. The Morgan fingerprint density at radius 1 is 1.24 bits per heavy atom. The maximum atomic E-state index is 12.0. The van der Waals surface area contributed by atoms with Crippen LogP contribution in [0.2, 0.25) is 0 Å². The molecule has 0 aliphatic heterocycles. The number of allylic oxidation sites excluding steroid dienone is 3. The number of ether oxygens (including phenoxy) is 1. The van der Waals surface area contributed by atoms with Gasteiger partial charge in [-0.2, -0.15) is 0 Å². The lowest BCUT2D eigenvalue weighted by Crippen LogP contribution is -2.06. The first-order valence-electron chi connectivity index (χ1n) is 8.06. The lowest BCUT2D eigenvalue weighted by Gasteiger charge is -2.06. The molecule has 0 unspecified atom stereocenters. The highest BCUT2D eigenvalue weighted by Gasteiger charge is 2.12. The van der Waals surface area contributed by atoms with Crippen molar-refractivity contribution in [1.29, 1.82) is 0 Å². The molecular weight excluding hydrogens is 320 g/mol. The summed E-state index contributed by atoms with van der Waals surface area (Å²) in [6.07, 6.45) is 5.15. The lowest BCUT2D eigenvalue weighted by molar-refractivity contribution is -0.129. The number of rotatable bonds is 5. The number of carbonyl (C=O) groups is 1. The average Bonchev–Trinajstić information content (AvgIpc) is 2.44. The minimum absolute atomic E-state index is 0.0684. The van der Waals surface area contributed by atoms with Gasteiger partial charge in [0.15, 0.2) is 5.43 Å². The lowest BCUT2D eigenvalue weighted by atomic mass is 10.1. The van der Waals surface area contributed by atoms with E-state index in [-0.39, 0.29) is 27.9 Å². The maximum Gasteiger partial charge on any atom is 0.336 e. The fourth-order valence-corrected chi connectivity index (χ4v) is 2.43. The quantitative estimate of drug-likeness (QED) is 0.377. The molecular formula is C20H22O5. The number of hydrogen-bond donors (Lipinski definition) is 1. The zero-order valence-electron chi connectivity index (χ0n) is 14.9. The summed E-state index contributed by atoms with van der Waals surface area (Å²) in [5, 5.41) is 10.1. The molecule has 0 aliphatic carbocycles. The minimum Gasteiger partial charge on any atom is -0.507 e. The molecule has 5 nitrogen and oxygen atoms in total. The summed E-state index contributed by atoms with van der Waals surface area (Å²) in [6, 6.07) is 3.96. The van der Waals surface area contributed by atoms with Crippen molar-refractivity contribution in [1.82, 2.24) is 0 Å². The number of fused-ring (bicyclic) bond motifs is 1. The monoisotopic (exact) mass is 342 g/mol. The SMILES string of the molecule is CC(C)=CCC/C(C)=C/C(=O)Oc1cc(O)c2c(=O)cc(C)oc2c1. The summed E-state index contributed by atoms with van der Waals surface area (Å²) in [4.78, 5) is 23.9. The van der Waals surface area contributed by atoms with Crippen LogP contribution in [0.5, 0.6) is 11.5 Å². The summed E-state index contributed by atoms with van der Waals surface area (Å²) >= 11 is 0. The molecule has 1 N–H and O–H groups in total. The van der Waals surface area contributed by atoms with Gasteiger partial charge in [-0.15, -0.1) is 0 Å². The first-order valence-corrected chi connectivity index (χ1v) is 8.06. The molecule has 0 radical (unpaired) electrons. The third-order valence-electron chi connectivity index (χ3n) is 3.58. The first kappa shape index (κ1) is 18.5. The second kappa shape index (κ2) is 7.83. The van der Waals surface area contributed by atoms with Gasteiger partial charge < -0.3 is 14.3 Å². The zero-order chi connectivity index (χ0) is 18.6. The van der Waals surface area contributed by atoms with Gasteiger partial charge in [-0.1, -0.05) is 17.2 Å². The number of hydrogen-bond acceptors (Lipinski definition) is 5. The van der Waals surface area contributed by atoms with Crippen LogP contribution in [-0.2, 0) is 4.79 Å². The van der Waals surface area contributed by atoms with Crippen LogP contribution in [-0.4, -0.2) is 11.1 Å².